The van der Waals surface area contributed by atoms with Crippen LogP contribution in [0.5, 0.6) is 0 Å². The van der Waals surface area contributed by atoms with Gasteiger partial charge in [-0.3, -0.25) is 4.79 Å². The highest BCUT2D eigenvalue weighted by molar-refractivity contribution is 5.67. The molecule has 0 N–H and O–H groups in total. The van der Waals surface area contributed by atoms with E-state index in [0.29, 0.717) is 0 Å². The molecule has 2 heteroatoms. The van der Waals surface area contributed by atoms with E-state index in [-0.39, 0.29) is 12.1 Å². The molecule has 2 aromatic rings. The Morgan fingerprint density at radius 1 is 1.05 bits per heavy atom. The van der Waals surface area contributed by atoms with Crippen LogP contribution in [-0.4, -0.2) is 5.97 Å². The molecule has 0 aliphatic carbocycles. The summed E-state index contributed by atoms with van der Waals surface area (Å²) >= 11 is 0. The van der Waals surface area contributed by atoms with Crippen LogP contribution in [0.3, 0.4) is 0 Å². The Balaban J connectivity index is 2.26. The van der Waals surface area contributed by atoms with Crippen LogP contribution in [-0.2, 0) is 9.53 Å². The summed E-state index contributed by atoms with van der Waals surface area (Å²) in [6.07, 6.45) is 3.55. The fourth-order valence-electron chi connectivity index (χ4n) is 2.22. The van der Waals surface area contributed by atoms with Crippen molar-refractivity contribution in [3.8, 4) is 0 Å². The lowest BCUT2D eigenvalue weighted by Gasteiger charge is -2.14. The molecule has 0 bridgehead atoms. The van der Waals surface area contributed by atoms with E-state index in [1.54, 1.807) is 0 Å². The molecular formula is C19H20O2. The average Bonchev–Trinajstić information content (AvgIpc) is 2.43. The SMILES string of the molecule is CC(=O)OC(/C=C/c1cccc(C)c1)c1cccc(C)c1. The van der Waals surface area contributed by atoms with E-state index in [4.69, 9.17) is 4.74 Å². The molecule has 0 aromatic heterocycles. The van der Waals surface area contributed by atoms with Gasteiger partial charge in [0.2, 0.25) is 0 Å². The lowest BCUT2D eigenvalue weighted by molar-refractivity contribution is -0.144. The van der Waals surface area contributed by atoms with Crippen molar-refractivity contribution in [3.63, 3.8) is 0 Å². The van der Waals surface area contributed by atoms with Crippen molar-refractivity contribution >= 4 is 12.0 Å². The highest BCUT2D eigenvalue weighted by atomic mass is 16.5. The summed E-state index contributed by atoms with van der Waals surface area (Å²) < 4.78 is 5.42. The summed E-state index contributed by atoms with van der Waals surface area (Å²) in [5, 5.41) is 0. The number of benzene rings is 2. The fraction of sp³-hybridized carbons (Fsp3) is 0.211. The second-order valence-electron chi connectivity index (χ2n) is 5.22. The second-order valence-corrected chi connectivity index (χ2v) is 5.22. The van der Waals surface area contributed by atoms with E-state index in [1.807, 2.05) is 55.5 Å². The second kappa shape index (κ2) is 6.89. The minimum absolute atomic E-state index is 0.282. The maximum absolute atomic E-state index is 11.3. The van der Waals surface area contributed by atoms with Crippen molar-refractivity contribution in [1.29, 1.82) is 0 Å². The van der Waals surface area contributed by atoms with Gasteiger partial charge in [-0.15, -0.1) is 0 Å². The Labute approximate surface area is 126 Å². The van der Waals surface area contributed by atoms with Crippen molar-refractivity contribution in [1.82, 2.24) is 0 Å². The number of ether oxygens (including phenoxy) is 1. The van der Waals surface area contributed by atoms with Crippen molar-refractivity contribution in [2.45, 2.75) is 26.9 Å². The number of aryl methyl sites for hydroxylation is 2. The van der Waals surface area contributed by atoms with Crippen LogP contribution in [0.15, 0.2) is 54.6 Å². The van der Waals surface area contributed by atoms with Gasteiger partial charge in [0.15, 0.2) is 0 Å². The quantitative estimate of drug-likeness (QED) is 0.764. The molecule has 0 amide bonds. The van der Waals surface area contributed by atoms with Crippen LogP contribution >= 0.6 is 0 Å². The molecule has 2 nitrogen and oxygen atoms in total. The number of esters is 1. The van der Waals surface area contributed by atoms with Crippen LogP contribution < -0.4 is 0 Å². The van der Waals surface area contributed by atoms with Crippen molar-refractivity contribution in [3.05, 3.63) is 76.9 Å². The standard InChI is InChI=1S/C19H20O2/c1-14-6-4-8-17(12-14)10-11-19(21-16(3)20)18-9-5-7-15(2)13-18/h4-13,19H,1-3H3/b11-10+. The molecule has 0 radical (unpaired) electrons. The monoisotopic (exact) mass is 280 g/mol. The molecule has 0 fully saturated rings. The summed E-state index contributed by atoms with van der Waals surface area (Å²) in [6, 6.07) is 16.2. The lowest BCUT2D eigenvalue weighted by atomic mass is 10.0. The van der Waals surface area contributed by atoms with Gasteiger partial charge in [-0.25, -0.2) is 0 Å². The summed E-state index contributed by atoms with van der Waals surface area (Å²) in [7, 11) is 0. The Kier molecular flexibility index (Phi) is 4.94. The van der Waals surface area contributed by atoms with Gasteiger partial charge in [-0.05, 0) is 31.1 Å². The maximum Gasteiger partial charge on any atom is 0.303 e. The first-order valence-electron chi connectivity index (χ1n) is 7.03. The van der Waals surface area contributed by atoms with E-state index in [9.17, 15) is 4.79 Å². The largest absolute Gasteiger partial charge is 0.453 e. The Hall–Kier alpha value is -2.35. The number of hydrogen-bond donors (Lipinski definition) is 0. The van der Waals surface area contributed by atoms with E-state index in [1.165, 1.54) is 12.5 Å². The summed E-state index contributed by atoms with van der Waals surface area (Å²) in [4.78, 5) is 11.3. The molecule has 108 valence electrons. The minimum atomic E-state index is -0.358. The van der Waals surface area contributed by atoms with E-state index < -0.39 is 0 Å². The molecular weight excluding hydrogens is 260 g/mol. The van der Waals surface area contributed by atoms with Crippen LogP contribution in [0, 0.1) is 13.8 Å². The zero-order chi connectivity index (χ0) is 15.2. The molecule has 0 spiro atoms. The normalized spacial score (nSPS) is 12.3. The first-order chi connectivity index (χ1) is 10.0. The van der Waals surface area contributed by atoms with Gasteiger partial charge in [0.1, 0.15) is 6.10 Å². The molecule has 2 rings (SSSR count). The van der Waals surface area contributed by atoms with Crippen LogP contribution in [0.25, 0.3) is 6.08 Å². The number of carbonyl (C=O) groups is 1. The van der Waals surface area contributed by atoms with E-state index >= 15 is 0 Å². The van der Waals surface area contributed by atoms with E-state index in [2.05, 4.69) is 19.1 Å². The third kappa shape index (κ3) is 4.60. The minimum Gasteiger partial charge on any atom is -0.453 e. The Morgan fingerprint density at radius 3 is 2.33 bits per heavy atom. The summed E-state index contributed by atoms with van der Waals surface area (Å²) in [5.41, 5.74) is 4.43. The molecule has 0 heterocycles. The fourth-order valence-corrected chi connectivity index (χ4v) is 2.22. The molecule has 1 unspecified atom stereocenters. The lowest BCUT2D eigenvalue weighted by Crippen LogP contribution is -2.06. The van der Waals surface area contributed by atoms with Gasteiger partial charge in [-0.1, -0.05) is 65.7 Å². The smallest absolute Gasteiger partial charge is 0.303 e. The van der Waals surface area contributed by atoms with Gasteiger partial charge in [-0.2, -0.15) is 0 Å². The first kappa shape index (κ1) is 15.0. The molecule has 0 saturated carbocycles. The molecule has 2 aromatic carbocycles. The Morgan fingerprint density at radius 2 is 1.71 bits per heavy atom. The van der Waals surface area contributed by atoms with Crippen molar-refractivity contribution in [2.75, 3.05) is 0 Å². The van der Waals surface area contributed by atoms with Gasteiger partial charge >= 0.3 is 5.97 Å². The molecule has 0 aliphatic rings. The summed E-state index contributed by atoms with van der Waals surface area (Å²) in [5.74, 6) is -0.282. The highest BCUT2D eigenvalue weighted by Gasteiger charge is 2.11. The van der Waals surface area contributed by atoms with Crippen LogP contribution in [0.1, 0.15) is 35.3 Å². The zero-order valence-corrected chi connectivity index (χ0v) is 12.7. The third-order valence-corrected chi connectivity index (χ3v) is 3.17. The summed E-state index contributed by atoms with van der Waals surface area (Å²) in [6.45, 7) is 5.52. The number of carbonyl (C=O) groups excluding carboxylic acids is 1. The van der Waals surface area contributed by atoms with Crippen molar-refractivity contribution in [2.24, 2.45) is 0 Å². The average molecular weight is 280 g/mol. The van der Waals surface area contributed by atoms with Gasteiger partial charge in [0.05, 0.1) is 0 Å². The maximum atomic E-state index is 11.3. The molecule has 0 saturated heterocycles. The third-order valence-electron chi connectivity index (χ3n) is 3.17. The van der Waals surface area contributed by atoms with Crippen LogP contribution in [0.4, 0.5) is 0 Å². The number of rotatable bonds is 4. The van der Waals surface area contributed by atoms with Gasteiger partial charge in [0.25, 0.3) is 0 Å². The first-order valence-corrected chi connectivity index (χ1v) is 7.03. The zero-order valence-electron chi connectivity index (χ0n) is 12.7. The topological polar surface area (TPSA) is 26.3 Å². The molecule has 1 atom stereocenters. The molecule has 21 heavy (non-hydrogen) atoms. The molecule has 0 aliphatic heterocycles. The number of hydrogen-bond acceptors (Lipinski definition) is 2. The van der Waals surface area contributed by atoms with Crippen LogP contribution in [0.2, 0.25) is 0 Å². The van der Waals surface area contributed by atoms with E-state index in [0.717, 1.165) is 16.7 Å². The predicted molar refractivity (Wildman–Crippen MR) is 85.9 cm³/mol. The van der Waals surface area contributed by atoms with Gasteiger partial charge in [0, 0.05) is 6.92 Å². The predicted octanol–water partition coefficient (Wildman–Crippen LogP) is 4.62. The van der Waals surface area contributed by atoms with Gasteiger partial charge < -0.3 is 4.74 Å². The Bertz CT molecular complexity index is 656. The van der Waals surface area contributed by atoms with Crippen molar-refractivity contribution < 1.29 is 9.53 Å². The highest BCUT2D eigenvalue weighted by Crippen LogP contribution is 2.21.